The van der Waals surface area contributed by atoms with Gasteiger partial charge in [-0.25, -0.2) is 9.78 Å². The first-order valence-corrected chi connectivity index (χ1v) is 9.27. The van der Waals surface area contributed by atoms with E-state index in [1.165, 1.54) is 5.56 Å². The minimum atomic E-state index is -0.229. The van der Waals surface area contributed by atoms with E-state index in [-0.39, 0.29) is 11.4 Å². The van der Waals surface area contributed by atoms with Crippen LogP contribution in [-0.2, 0) is 5.41 Å². The number of urea groups is 1. The lowest BCUT2D eigenvalue weighted by atomic mass is 9.87. The highest BCUT2D eigenvalue weighted by Gasteiger charge is 2.13. The van der Waals surface area contributed by atoms with Crippen molar-refractivity contribution in [2.24, 2.45) is 0 Å². The second kappa shape index (κ2) is 9.21. The summed E-state index contributed by atoms with van der Waals surface area (Å²) >= 11 is 0. The zero-order valence-corrected chi connectivity index (χ0v) is 16.8. The number of carbonyl (C=O) groups is 1. The van der Waals surface area contributed by atoms with Crippen LogP contribution in [-0.4, -0.2) is 35.6 Å². The number of nitrogens with one attached hydrogen (secondary N) is 4. The van der Waals surface area contributed by atoms with Gasteiger partial charge in [0.1, 0.15) is 5.82 Å². The van der Waals surface area contributed by atoms with Gasteiger partial charge in [0, 0.05) is 37.1 Å². The predicted octanol–water partition coefficient (Wildman–Crippen LogP) is 3.75. The Morgan fingerprint density at radius 1 is 1.04 bits per heavy atom. The normalized spacial score (nSPS) is 11.0. The van der Waals surface area contributed by atoms with Gasteiger partial charge < -0.3 is 21.3 Å². The Morgan fingerprint density at radius 2 is 1.74 bits per heavy atom. The van der Waals surface area contributed by atoms with Gasteiger partial charge in [0.15, 0.2) is 0 Å². The van der Waals surface area contributed by atoms with E-state index in [2.05, 4.69) is 52.0 Å². The van der Waals surface area contributed by atoms with Gasteiger partial charge in [-0.1, -0.05) is 32.9 Å². The van der Waals surface area contributed by atoms with Crippen LogP contribution in [0.5, 0.6) is 0 Å². The number of amides is 2. The lowest BCUT2D eigenvalue weighted by molar-refractivity contribution is 0.252. The molecule has 146 valence electrons. The van der Waals surface area contributed by atoms with Gasteiger partial charge in [-0.3, -0.25) is 0 Å². The van der Waals surface area contributed by atoms with Crippen LogP contribution >= 0.6 is 0 Å². The number of hydrogen-bond donors (Lipinski definition) is 4. The molecule has 0 aliphatic heterocycles. The number of nitrogens with zero attached hydrogens (tertiary/aromatic N) is 2. The Kier molecular flexibility index (Phi) is 6.98. The summed E-state index contributed by atoms with van der Waals surface area (Å²) in [7, 11) is 0. The molecular weight excluding hydrogens is 340 g/mol. The molecule has 0 radical (unpaired) electrons. The number of aryl methyl sites for hydroxylation is 1. The number of benzene rings is 1. The van der Waals surface area contributed by atoms with E-state index >= 15 is 0 Å². The van der Waals surface area contributed by atoms with Crippen LogP contribution in [0.25, 0.3) is 0 Å². The van der Waals surface area contributed by atoms with Crippen molar-refractivity contribution >= 4 is 23.5 Å². The minimum absolute atomic E-state index is 0.0956. The van der Waals surface area contributed by atoms with Crippen LogP contribution in [0.1, 0.15) is 39.0 Å². The molecule has 1 aromatic carbocycles. The molecule has 1 heterocycles. The zero-order valence-electron chi connectivity index (χ0n) is 16.8. The smallest absolute Gasteiger partial charge is 0.319 e. The summed E-state index contributed by atoms with van der Waals surface area (Å²) in [5, 5.41) is 12.0. The summed E-state index contributed by atoms with van der Waals surface area (Å²) in [5.74, 6) is 1.34. The van der Waals surface area contributed by atoms with Crippen LogP contribution in [0.15, 0.2) is 30.3 Å². The third-order valence-electron chi connectivity index (χ3n) is 3.91. The SMILES string of the molecule is CCNc1nc(C)cc(NCCNC(=O)Nc2ccc(C(C)(C)C)cc2)n1. The van der Waals surface area contributed by atoms with E-state index in [1.54, 1.807) is 0 Å². The van der Waals surface area contributed by atoms with Gasteiger partial charge in [0.2, 0.25) is 5.95 Å². The molecule has 27 heavy (non-hydrogen) atoms. The van der Waals surface area contributed by atoms with Gasteiger partial charge in [0.05, 0.1) is 0 Å². The van der Waals surface area contributed by atoms with Crippen LogP contribution in [0.2, 0.25) is 0 Å². The van der Waals surface area contributed by atoms with Crippen LogP contribution < -0.4 is 21.3 Å². The minimum Gasteiger partial charge on any atom is -0.368 e. The van der Waals surface area contributed by atoms with Gasteiger partial charge in [-0.15, -0.1) is 0 Å². The Hall–Kier alpha value is -2.83. The molecule has 1 aromatic heterocycles. The number of hydrogen-bond acceptors (Lipinski definition) is 5. The zero-order chi connectivity index (χ0) is 19.9. The average molecular weight is 371 g/mol. The van der Waals surface area contributed by atoms with Crippen molar-refractivity contribution in [2.75, 3.05) is 35.6 Å². The Morgan fingerprint density at radius 3 is 2.37 bits per heavy atom. The van der Waals surface area contributed by atoms with Gasteiger partial charge in [0.25, 0.3) is 0 Å². The molecule has 0 unspecified atom stereocenters. The van der Waals surface area contributed by atoms with Crippen LogP contribution in [0, 0.1) is 6.92 Å². The molecule has 0 bridgehead atoms. The number of carbonyl (C=O) groups excluding carboxylic acids is 1. The molecule has 2 rings (SSSR count). The van der Waals surface area contributed by atoms with Crippen molar-refractivity contribution < 1.29 is 4.79 Å². The van der Waals surface area contributed by atoms with Crippen molar-refractivity contribution in [2.45, 2.75) is 40.0 Å². The summed E-state index contributed by atoms with van der Waals surface area (Å²) < 4.78 is 0. The molecule has 7 nitrogen and oxygen atoms in total. The predicted molar refractivity (Wildman–Crippen MR) is 112 cm³/mol. The van der Waals surface area contributed by atoms with E-state index < -0.39 is 0 Å². The van der Waals surface area contributed by atoms with E-state index in [9.17, 15) is 4.79 Å². The second-order valence-electron chi connectivity index (χ2n) is 7.38. The summed E-state index contributed by atoms with van der Waals surface area (Å²) in [6.45, 7) is 12.2. The lowest BCUT2D eigenvalue weighted by Crippen LogP contribution is -2.32. The number of anilines is 3. The summed E-state index contributed by atoms with van der Waals surface area (Å²) in [6, 6.07) is 9.56. The fourth-order valence-corrected chi connectivity index (χ4v) is 2.49. The topological polar surface area (TPSA) is 91.0 Å². The highest BCUT2D eigenvalue weighted by atomic mass is 16.2. The third kappa shape index (κ3) is 6.77. The lowest BCUT2D eigenvalue weighted by Gasteiger charge is -2.19. The highest BCUT2D eigenvalue weighted by molar-refractivity contribution is 5.89. The standard InChI is InChI=1S/C20H30N6O/c1-6-21-18-24-14(2)13-17(26-18)22-11-12-23-19(27)25-16-9-7-15(8-10-16)20(3,4)5/h7-10,13H,6,11-12H2,1-5H3,(H2,23,25,27)(H2,21,22,24,26). The molecule has 0 saturated heterocycles. The second-order valence-corrected chi connectivity index (χ2v) is 7.38. The monoisotopic (exact) mass is 370 g/mol. The van der Waals surface area contributed by atoms with Crippen molar-refractivity contribution in [3.8, 4) is 0 Å². The van der Waals surface area contributed by atoms with E-state index in [4.69, 9.17) is 0 Å². The average Bonchev–Trinajstić information content (AvgIpc) is 2.58. The van der Waals surface area contributed by atoms with E-state index in [1.807, 2.05) is 44.2 Å². The quantitative estimate of drug-likeness (QED) is 0.557. The van der Waals surface area contributed by atoms with E-state index in [0.29, 0.717) is 19.0 Å². The highest BCUT2D eigenvalue weighted by Crippen LogP contribution is 2.23. The maximum Gasteiger partial charge on any atom is 0.319 e. The molecule has 2 aromatic rings. The van der Waals surface area contributed by atoms with Gasteiger partial charge in [-0.05, 0) is 37.0 Å². The van der Waals surface area contributed by atoms with E-state index in [0.717, 1.165) is 23.7 Å². The molecule has 0 saturated carbocycles. The Bertz CT molecular complexity index is 752. The first-order chi connectivity index (χ1) is 12.8. The summed E-state index contributed by atoms with van der Waals surface area (Å²) in [6.07, 6.45) is 0. The molecule has 7 heteroatoms. The van der Waals surface area contributed by atoms with Crippen molar-refractivity contribution in [3.63, 3.8) is 0 Å². The molecule has 0 atom stereocenters. The fraction of sp³-hybridized carbons (Fsp3) is 0.450. The summed E-state index contributed by atoms with van der Waals surface area (Å²) in [4.78, 5) is 20.7. The number of rotatable bonds is 7. The molecular formula is C20H30N6O. The van der Waals surface area contributed by atoms with Crippen LogP contribution in [0.3, 0.4) is 0 Å². The Labute approximate surface area is 161 Å². The maximum atomic E-state index is 12.0. The van der Waals surface area contributed by atoms with Crippen molar-refractivity contribution in [1.29, 1.82) is 0 Å². The molecule has 2 amide bonds. The molecule has 0 aliphatic rings. The first kappa shape index (κ1) is 20.5. The number of aromatic nitrogens is 2. The maximum absolute atomic E-state index is 12.0. The largest absolute Gasteiger partial charge is 0.368 e. The molecule has 4 N–H and O–H groups in total. The van der Waals surface area contributed by atoms with Crippen LogP contribution in [0.4, 0.5) is 22.2 Å². The molecule has 0 fully saturated rings. The first-order valence-electron chi connectivity index (χ1n) is 9.27. The van der Waals surface area contributed by atoms with Crippen molar-refractivity contribution in [1.82, 2.24) is 15.3 Å². The Balaban J connectivity index is 1.76. The van der Waals surface area contributed by atoms with Gasteiger partial charge in [-0.2, -0.15) is 4.98 Å². The van der Waals surface area contributed by atoms with Crippen molar-refractivity contribution in [3.05, 3.63) is 41.6 Å². The fourth-order valence-electron chi connectivity index (χ4n) is 2.49. The van der Waals surface area contributed by atoms with Gasteiger partial charge >= 0.3 is 6.03 Å². The molecule has 0 spiro atoms. The third-order valence-corrected chi connectivity index (χ3v) is 3.91. The molecule has 0 aliphatic carbocycles. The summed E-state index contributed by atoms with van der Waals surface area (Å²) in [5.41, 5.74) is 2.98.